The molecule has 0 unspecified atom stereocenters. The maximum Gasteiger partial charge on any atom is 0.222 e. The third-order valence-corrected chi connectivity index (χ3v) is 2.59. The van der Waals surface area contributed by atoms with E-state index < -0.39 is 17.2 Å². The number of aryl methyl sites for hydroxylation is 1. The molecule has 0 amide bonds. The number of halogens is 2. The number of hydrogen-bond acceptors (Lipinski definition) is 5. The van der Waals surface area contributed by atoms with Gasteiger partial charge in [-0.15, -0.1) is 0 Å². The van der Waals surface area contributed by atoms with Gasteiger partial charge < -0.3 is 11.5 Å². The van der Waals surface area contributed by atoms with Crippen LogP contribution in [0, 0.1) is 29.9 Å². The first-order valence-electron chi connectivity index (χ1n) is 5.23. The molecule has 1 aromatic heterocycles. The Morgan fingerprint density at radius 2 is 1.89 bits per heavy atom. The number of nitrogens with two attached hydrogens (primary N) is 2. The number of hydrogen-bond donors (Lipinski definition) is 2. The molecule has 2 aromatic rings. The fourth-order valence-corrected chi connectivity index (χ4v) is 1.66. The first-order valence-corrected chi connectivity index (χ1v) is 5.23. The van der Waals surface area contributed by atoms with Gasteiger partial charge in [-0.2, -0.15) is 10.2 Å². The van der Waals surface area contributed by atoms with Gasteiger partial charge >= 0.3 is 0 Å². The number of aromatic nitrogens is 2. The highest BCUT2D eigenvalue weighted by atomic mass is 19.1. The molecule has 1 aromatic carbocycles. The van der Waals surface area contributed by atoms with Crippen molar-refractivity contribution in [2.75, 3.05) is 11.5 Å². The summed E-state index contributed by atoms with van der Waals surface area (Å²) in [6.45, 7) is 1.47. The summed E-state index contributed by atoms with van der Waals surface area (Å²) in [5.74, 6) is -2.14. The molecule has 0 aliphatic heterocycles. The van der Waals surface area contributed by atoms with Gasteiger partial charge in [-0.3, -0.25) is 0 Å². The van der Waals surface area contributed by atoms with Crippen LogP contribution in [-0.4, -0.2) is 9.97 Å². The summed E-state index contributed by atoms with van der Waals surface area (Å²) in [7, 11) is 0. The van der Waals surface area contributed by atoms with Crippen LogP contribution >= 0.6 is 0 Å². The van der Waals surface area contributed by atoms with Crippen molar-refractivity contribution < 1.29 is 8.78 Å². The second-order valence-electron chi connectivity index (χ2n) is 3.86. The normalized spacial score (nSPS) is 10.2. The lowest BCUT2D eigenvalue weighted by Crippen LogP contribution is -2.07. The SMILES string of the molecule is Cc1ccc(F)c(-c2nc(N)nc(N)c2C#N)c1F. The van der Waals surface area contributed by atoms with Gasteiger partial charge in [0, 0.05) is 0 Å². The van der Waals surface area contributed by atoms with E-state index in [0.29, 0.717) is 0 Å². The van der Waals surface area contributed by atoms with E-state index in [2.05, 4.69) is 9.97 Å². The van der Waals surface area contributed by atoms with Gasteiger partial charge in [0.15, 0.2) is 0 Å². The highest BCUT2D eigenvalue weighted by molar-refractivity contribution is 5.74. The zero-order valence-electron chi connectivity index (χ0n) is 9.91. The van der Waals surface area contributed by atoms with Gasteiger partial charge in [0.25, 0.3) is 0 Å². The van der Waals surface area contributed by atoms with Gasteiger partial charge in [-0.1, -0.05) is 6.07 Å². The summed E-state index contributed by atoms with van der Waals surface area (Å²) < 4.78 is 27.8. The predicted octanol–water partition coefficient (Wildman–Crippen LogP) is 1.77. The maximum atomic E-state index is 14.0. The number of anilines is 2. The molecule has 1 heterocycles. The first-order chi connectivity index (χ1) is 8.95. The van der Waals surface area contributed by atoms with Gasteiger partial charge in [0.1, 0.15) is 34.8 Å². The van der Waals surface area contributed by atoms with Crippen molar-refractivity contribution in [2.45, 2.75) is 6.92 Å². The van der Waals surface area contributed by atoms with Gasteiger partial charge in [0.05, 0.1) is 5.56 Å². The molecule has 96 valence electrons. The third kappa shape index (κ3) is 2.04. The molecule has 7 heteroatoms. The average molecular weight is 261 g/mol. The Balaban J connectivity index is 2.87. The van der Waals surface area contributed by atoms with Crippen molar-refractivity contribution in [3.63, 3.8) is 0 Å². The zero-order valence-corrected chi connectivity index (χ0v) is 9.91. The van der Waals surface area contributed by atoms with Crippen LogP contribution in [0.4, 0.5) is 20.5 Å². The van der Waals surface area contributed by atoms with Crippen LogP contribution in [0.1, 0.15) is 11.1 Å². The summed E-state index contributed by atoms with van der Waals surface area (Å²) >= 11 is 0. The third-order valence-electron chi connectivity index (χ3n) is 2.59. The monoisotopic (exact) mass is 261 g/mol. The highest BCUT2D eigenvalue weighted by Crippen LogP contribution is 2.31. The van der Waals surface area contributed by atoms with E-state index in [9.17, 15) is 8.78 Å². The van der Waals surface area contributed by atoms with Crippen LogP contribution in [0.5, 0.6) is 0 Å². The van der Waals surface area contributed by atoms with Crippen LogP contribution in [0.3, 0.4) is 0 Å². The Morgan fingerprint density at radius 3 is 2.53 bits per heavy atom. The molecule has 0 radical (unpaired) electrons. The molecule has 0 saturated heterocycles. The van der Waals surface area contributed by atoms with Gasteiger partial charge in [-0.25, -0.2) is 13.8 Å². The first kappa shape index (κ1) is 12.7. The van der Waals surface area contributed by atoms with Crippen LogP contribution in [0.2, 0.25) is 0 Å². The minimum atomic E-state index is -0.850. The smallest absolute Gasteiger partial charge is 0.222 e. The summed E-state index contributed by atoms with van der Waals surface area (Å²) in [5, 5.41) is 9.01. The maximum absolute atomic E-state index is 14.0. The quantitative estimate of drug-likeness (QED) is 0.814. The van der Waals surface area contributed by atoms with Crippen molar-refractivity contribution in [3.8, 4) is 17.3 Å². The van der Waals surface area contributed by atoms with Crippen LogP contribution < -0.4 is 11.5 Å². The van der Waals surface area contributed by atoms with E-state index in [0.717, 1.165) is 6.07 Å². The molecule has 4 N–H and O–H groups in total. The molecule has 0 aliphatic rings. The van der Waals surface area contributed by atoms with Crippen LogP contribution in [0.15, 0.2) is 12.1 Å². The van der Waals surface area contributed by atoms with E-state index in [1.165, 1.54) is 13.0 Å². The second kappa shape index (κ2) is 4.49. The lowest BCUT2D eigenvalue weighted by atomic mass is 10.0. The molecule has 0 saturated carbocycles. The number of nitriles is 1. The van der Waals surface area contributed by atoms with Crippen LogP contribution in [0.25, 0.3) is 11.3 Å². The molecule has 19 heavy (non-hydrogen) atoms. The number of benzene rings is 1. The molecule has 0 atom stereocenters. The molecule has 0 bridgehead atoms. The topological polar surface area (TPSA) is 102 Å². The average Bonchev–Trinajstić information content (AvgIpc) is 2.34. The second-order valence-corrected chi connectivity index (χ2v) is 3.86. The Bertz CT molecular complexity index is 706. The number of rotatable bonds is 1. The molecule has 0 fully saturated rings. The number of nitrogens with zero attached hydrogens (tertiary/aromatic N) is 3. The van der Waals surface area contributed by atoms with E-state index in [-0.39, 0.29) is 28.6 Å². The molecular weight excluding hydrogens is 252 g/mol. The Kier molecular flexibility index (Phi) is 3.00. The Hall–Kier alpha value is -2.75. The standard InChI is InChI=1S/C12H9F2N5/c1-5-2-3-7(13)8(9(5)14)10-6(4-15)11(16)19-12(17)18-10/h2-3H,1H3,(H4,16,17,18,19). The number of nitrogen functional groups attached to an aromatic ring is 2. The zero-order chi connectivity index (χ0) is 14.2. The summed E-state index contributed by atoms with van der Waals surface area (Å²) in [6.07, 6.45) is 0. The molecule has 5 nitrogen and oxygen atoms in total. The predicted molar refractivity (Wildman–Crippen MR) is 65.7 cm³/mol. The summed E-state index contributed by atoms with van der Waals surface area (Å²) in [6, 6.07) is 4.10. The lowest BCUT2D eigenvalue weighted by Gasteiger charge is -2.10. The lowest BCUT2D eigenvalue weighted by molar-refractivity contribution is 0.582. The summed E-state index contributed by atoms with van der Waals surface area (Å²) in [4.78, 5) is 7.31. The molecule has 0 spiro atoms. The Labute approximate surface area is 107 Å². The van der Waals surface area contributed by atoms with Crippen molar-refractivity contribution >= 4 is 11.8 Å². The van der Waals surface area contributed by atoms with E-state index in [1.54, 1.807) is 6.07 Å². The van der Waals surface area contributed by atoms with Gasteiger partial charge in [-0.05, 0) is 18.6 Å². The van der Waals surface area contributed by atoms with Crippen LogP contribution in [-0.2, 0) is 0 Å². The van der Waals surface area contributed by atoms with E-state index >= 15 is 0 Å². The molecular formula is C12H9F2N5. The molecule has 0 aliphatic carbocycles. The summed E-state index contributed by atoms with van der Waals surface area (Å²) in [5.41, 5.74) is 10.2. The largest absolute Gasteiger partial charge is 0.382 e. The fraction of sp³-hybridized carbons (Fsp3) is 0.0833. The van der Waals surface area contributed by atoms with E-state index in [4.69, 9.17) is 16.7 Å². The van der Waals surface area contributed by atoms with E-state index in [1.807, 2.05) is 0 Å². The fourth-order valence-electron chi connectivity index (χ4n) is 1.66. The minimum Gasteiger partial charge on any atom is -0.382 e. The van der Waals surface area contributed by atoms with Crippen molar-refractivity contribution in [3.05, 3.63) is 34.9 Å². The minimum absolute atomic E-state index is 0.211. The van der Waals surface area contributed by atoms with Gasteiger partial charge in [0.2, 0.25) is 5.95 Å². The Morgan fingerprint density at radius 1 is 1.21 bits per heavy atom. The van der Waals surface area contributed by atoms with Crippen molar-refractivity contribution in [1.82, 2.24) is 9.97 Å². The molecule has 2 rings (SSSR count). The highest BCUT2D eigenvalue weighted by Gasteiger charge is 2.21. The van der Waals surface area contributed by atoms with Crippen molar-refractivity contribution in [1.29, 1.82) is 5.26 Å². The van der Waals surface area contributed by atoms with Crippen molar-refractivity contribution in [2.24, 2.45) is 0 Å².